The Kier molecular flexibility index (Phi) is 7.86. The largest absolute Gasteiger partial charge is 0.495 e. The average Bonchev–Trinajstić information content (AvgIpc) is 2.67. The van der Waals surface area contributed by atoms with Crippen LogP contribution in [-0.4, -0.2) is 44.9 Å². The summed E-state index contributed by atoms with van der Waals surface area (Å²) in [5.41, 5.74) is 2.34. The smallest absolute Gasteiger partial charge is 0.265 e. The van der Waals surface area contributed by atoms with E-state index in [1.54, 1.807) is 20.8 Å². The molecule has 2 rings (SSSR count). The minimum Gasteiger partial charge on any atom is -0.495 e. The molecule has 0 aliphatic rings. The second-order valence-electron chi connectivity index (χ2n) is 7.02. The van der Waals surface area contributed by atoms with Gasteiger partial charge in [-0.15, -0.1) is 0 Å². The van der Waals surface area contributed by atoms with Crippen molar-refractivity contribution in [1.29, 1.82) is 0 Å². The molecule has 0 spiro atoms. The SMILES string of the molecule is CCN(CC)S(=O)(=O)c1ccc(OC)c(NC(=O)C(C)Oc2cc(C)cc(C)c2)c1. The van der Waals surface area contributed by atoms with Gasteiger partial charge in [0.1, 0.15) is 11.5 Å². The number of benzene rings is 2. The molecule has 1 atom stereocenters. The van der Waals surface area contributed by atoms with Gasteiger partial charge in [-0.3, -0.25) is 4.79 Å². The van der Waals surface area contributed by atoms with Crippen molar-refractivity contribution in [3.63, 3.8) is 0 Å². The summed E-state index contributed by atoms with van der Waals surface area (Å²) in [5, 5.41) is 2.73. The molecule has 1 unspecified atom stereocenters. The van der Waals surface area contributed by atoms with E-state index in [0.29, 0.717) is 24.6 Å². The van der Waals surface area contributed by atoms with Crippen molar-refractivity contribution >= 4 is 21.6 Å². The number of carbonyl (C=O) groups excluding carboxylic acids is 1. The van der Waals surface area contributed by atoms with Gasteiger partial charge in [-0.1, -0.05) is 19.9 Å². The summed E-state index contributed by atoms with van der Waals surface area (Å²) in [7, 11) is -2.21. The van der Waals surface area contributed by atoms with E-state index in [0.717, 1.165) is 11.1 Å². The number of nitrogens with one attached hydrogen (secondary N) is 1. The number of aryl methyl sites for hydroxylation is 2. The van der Waals surface area contributed by atoms with Gasteiger partial charge < -0.3 is 14.8 Å². The van der Waals surface area contributed by atoms with Crippen molar-refractivity contribution in [1.82, 2.24) is 4.31 Å². The molecule has 0 heterocycles. The maximum absolute atomic E-state index is 12.8. The Morgan fingerprint density at radius 2 is 1.67 bits per heavy atom. The molecule has 0 aliphatic carbocycles. The van der Waals surface area contributed by atoms with Crippen molar-refractivity contribution in [2.24, 2.45) is 0 Å². The quantitative estimate of drug-likeness (QED) is 0.650. The molecule has 7 nitrogen and oxygen atoms in total. The Bertz CT molecular complexity index is 980. The highest BCUT2D eigenvalue weighted by Crippen LogP contribution is 2.29. The highest BCUT2D eigenvalue weighted by Gasteiger charge is 2.24. The molecule has 164 valence electrons. The van der Waals surface area contributed by atoms with Crippen LogP contribution < -0.4 is 14.8 Å². The van der Waals surface area contributed by atoms with Crippen LogP contribution in [0.15, 0.2) is 41.3 Å². The zero-order valence-corrected chi connectivity index (χ0v) is 19.2. The number of hydrogen-bond donors (Lipinski definition) is 1. The third-order valence-corrected chi connectivity index (χ3v) is 6.70. The van der Waals surface area contributed by atoms with Gasteiger partial charge in [0.05, 0.1) is 17.7 Å². The third-order valence-electron chi connectivity index (χ3n) is 4.65. The molecule has 0 saturated carbocycles. The average molecular weight is 435 g/mol. The highest BCUT2D eigenvalue weighted by atomic mass is 32.2. The summed E-state index contributed by atoms with van der Waals surface area (Å²) < 4.78 is 38.1. The summed E-state index contributed by atoms with van der Waals surface area (Å²) in [5.74, 6) is 0.547. The van der Waals surface area contributed by atoms with Crippen LogP contribution in [0, 0.1) is 13.8 Å². The van der Waals surface area contributed by atoms with Crippen LogP contribution >= 0.6 is 0 Å². The molecule has 2 aromatic carbocycles. The van der Waals surface area contributed by atoms with Crippen molar-refractivity contribution in [2.45, 2.75) is 45.6 Å². The number of rotatable bonds is 9. The minimum atomic E-state index is -3.67. The molecule has 1 N–H and O–H groups in total. The Morgan fingerprint density at radius 3 is 2.20 bits per heavy atom. The fraction of sp³-hybridized carbons (Fsp3) is 0.409. The number of nitrogens with zero attached hydrogens (tertiary/aromatic N) is 1. The van der Waals surface area contributed by atoms with E-state index in [-0.39, 0.29) is 10.6 Å². The Hall–Kier alpha value is -2.58. The van der Waals surface area contributed by atoms with E-state index in [4.69, 9.17) is 9.47 Å². The summed E-state index contributed by atoms with van der Waals surface area (Å²) in [6.07, 6.45) is -0.793. The lowest BCUT2D eigenvalue weighted by atomic mass is 10.1. The standard InChI is InChI=1S/C22H30N2O5S/c1-7-24(8-2)30(26,27)19-9-10-21(28-6)20(14-19)23-22(25)17(5)29-18-12-15(3)11-16(4)13-18/h9-14,17H,7-8H2,1-6H3,(H,23,25). The fourth-order valence-electron chi connectivity index (χ4n) is 3.15. The molecular formula is C22H30N2O5S. The van der Waals surface area contributed by atoms with Gasteiger partial charge in [0.2, 0.25) is 10.0 Å². The zero-order chi connectivity index (χ0) is 22.5. The number of carbonyl (C=O) groups is 1. The number of ether oxygens (including phenoxy) is 2. The summed E-state index contributed by atoms with van der Waals surface area (Å²) in [4.78, 5) is 12.8. The lowest BCUT2D eigenvalue weighted by Gasteiger charge is -2.20. The van der Waals surface area contributed by atoms with E-state index < -0.39 is 22.0 Å². The Morgan fingerprint density at radius 1 is 1.07 bits per heavy atom. The van der Waals surface area contributed by atoms with Crippen molar-refractivity contribution in [2.75, 3.05) is 25.5 Å². The topological polar surface area (TPSA) is 84.9 Å². The molecule has 0 bridgehead atoms. The van der Waals surface area contributed by atoms with Crippen LogP contribution in [0.1, 0.15) is 31.9 Å². The molecule has 0 saturated heterocycles. The maximum Gasteiger partial charge on any atom is 0.265 e. The van der Waals surface area contributed by atoms with Crippen molar-refractivity contribution in [3.05, 3.63) is 47.5 Å². The fourth-order valence-corrected chi connectivity index (χ4v) is 4.64. The molecular weight excluding hydrogens is 404 g/mol. The minimum absolute atomic E-state index is 0.0881. The Labute approximate surface area is 179 Å². The van der Waals surface area contributed by atoms with E-state index in [1.807, 2.05) is 32.0 Å². The van der Waals surface area contributed by atoms with E-state index in [9.17, 15) is 13.2 Å². The lowest BCUT2D eigenvalue weighted by molar-refractivity contribution is -0.122. The van der Waals surface area contributed by atoms with Crippen LogP contribution in [0.5, 0.6) is 11.5 Å². The first-order valence-electron chi connectivity index (χ1n) is 9.86. The second-order valence-corrected chi connectivity index (χ2v) is 8.96. The number of amides is 1. The van der Waals surface area contributed by atoms with Gasteiger partial charge in [-0.2, -0.15) is 4.31 Å². The molecule has 2 aromatic rings. The van der Waals surface area contributed by atoms with Crippen LogP contribution in [0.2, 0.25) is 0 Å². The number of hydrogen-bond acceptors (Lipinski definition) is 5. The van der Waals surface area contributed by atoms with Crippen LogP contribution in [0.4, 0.5) is 5.69 Å². The van der Waals surface area contributed by atoms with Crippen molar-refractivity contribution in [3.8, 4) is 11.5 Å². The van der Waals surface area contributed by atoms with E-state index in [2.05, 4.69) is 5.32 Å². The molecule has 8 heteroatoms. The first-order valence-corrected chi connectivity index (χ1v) is 11.3. The second kappa shape index (κ2) is 9.95. The Balaban J connectivity index is 2.26. The highest BCUT2D eigenvalue weighted by molar-refractivity contribution is 7.89. The summed E-state index contributed by atoms with van der Waals surface area (Å²) in [6, 6.07) is 10.1. The van der Waals surface area contributed by atoms with E-state index >= 15 is 0 Å². The predicted molar refractivity (Wildman–Crippen MR) is 118 cm³/mol. The van der Waals surface area contributed by atoms with Crippen LogP contribution in [0.25, 0.3) is 0 Å². The number of sulfonamides is 1. The lowest BCUT2D eigenvalue weighted by Crippen LogP contribution is -2.31. The van der Waals surface area contributed by atoms with Crippen molar-refractivity contribution < 1.29 is 22.7 Å². The maximum atomic E-state index is 12.8. The van der Waals surface area contributed by atoms with Crippen LogP contribution in [-0.2, 0) is 14.8 Å². The van der Waals surface area contributed by atoms with Gasteiger partial charge in [-0.05, 0) is 62.2 Å². The van der Waals surface area contributed by atoms with Gasteiger partial charge in [0, 0.05) is 13.1 Å². The first-order chi connectivity index (χ1) is 14.1. The molecule has 0 aliphatic heterocycles. The van der Waals surface area contributed by atoms with Gasteiger partial charge in [-0.25, -0.2) is 8.42 Å². The van der Waals surface area contributed by atoms with Crippen LogP contribution in [0.3, 0.4) is 0 Å². The monoisotopic (exact) mass is 434 g/mol. The summed E-state index contributed by atoms with van der Waals surface area (Å²) in [6.45, 7) is 9.81. The van der Waals surface area contributed by atoms with Gasteiger partial charge in [0.15, 0.2) is 6.10 Å². The normalized spacial score (nSPS) is 12.5. The van der Waals surface area contributed by atoms with E-state index in [1.165, 1.54) is 29.6 Å². The molecule has 0 aromatic heterocycles. The third kappa shape index (κ3) is 5.52. The molecule has 1 amide bonds. The molecule has 0 radical (unpaired) electrons. The molecule has 30 heavy (non-hydrogen) atoms. The first kappa shape index (κ1) is 23.7. The number of anilines is 1. The zero-order valence-electron chi connectivity index (χ0n) is 18.4. The molecule has 0 fully saturated rings. The van der Waals surface area contributed by atoms with Gasteiger partial charge >= 0.3 is 0 Å². The predicted octanol–water partition coefficient (Wildman–Crippen LogP) is 3.75. The summed E-state index contributed by atoms with van der Waals surface area (Å²) >= 11 is 0. The number of methoxy groups -OCH3 is 1. The van der Waals surface area contributed by atoms with Gasteiger partial charge in [0.25, 0.3) is 5.91 Å².